The van der Waals surface area contributed by atoms with Gasteiger partial charge in [-0.3, -0.25) is 4.98 Å². The summed E-state index contributed by atoms with van der Waals surface area (Å²) in [7, 11) is 0. The molecule has 2 aromatic carbocycles. The highest BCUT2D eigenvalue weighted by atomic mass is 14.7. The second-order valence-corrected chi connectivity index (χ2v) is 5.34. The van der Waals surface area contributed by atoms with E-state index in [4.69, 9.17) is 0 Å². The van der Waals surface area contributed by atoms with Crippen LogP contribution in [0.2, 0.25) is 0 Å². The Morgan fingerprint density at radius 2 is 1.60 bits per heavy atom. The predicted molar refractivity (Wildman–Crippen MR) is 86.0 cm³/mol. The van der Waals surface area contributed by atoms with E-state index in [1.54, 1.807) is 0 Å². The Labute approximate surface area is 120 Å². The molecule has 3 aromatic rings. The lowest BCUT2D eigenvalue weighted by molar-refractivity contribution is 1.13. The van der Waals surface area contributed by atoms with E-state index in [-0.39, 0.29) is 0 Å². The largest absolute Gasteiger partial charge is 0.258 e. The molecule has 0 aliphatic carbocycles. The first-order valence-electron chi connectivity index (χ1n) is 7.14. The molecule has 0 fully saturated rings. The molecule has 20 heavy (non-hydrogen) atoms. The van der Waals surface area contributed by atoms with Crippen LogP contribution in [0.5, 0.6) is 0 Å². The zero-order chi connectivity index (χ0) is 14.1. The third kappa shape index (κ3) is 2.32. The van der Waals surface area contributed by atoms with E-state index >= 15 is 0 Å². The Morgan fingerprint density at radius 1 is 0.850 bits per heavy atom. The Morgan fingerprint density at radius 3 is 2.35 bits per heavy atom. The fourth-order valence-electron chi connectivity index (χ4n) is 2.67. The van der Waals surface area contributed by atoms with Gasteiger partial charge in [-0.15, -0.1) is 0 Å². The van der Waals surface area contributed by atoms with Gasteiger partial charge in [0.05, 0.1) is 0 Å². The van der Waals surface area contributed by atoms with Gasteiger partial charge in [0.15, 0.2) is 0 Å². The molecule has 1 aromatic heterocycles. The zero-order valence-corrected chi connectivity index (χ0v) is 12.3. The summed E-state index contributed by atoms with van der Waals surface area (Å²) in [5.74, 6) is 0. The molecule has 1 nitrogen and oxygen atoms in total. The van der Waals surface area contributed by atoms with Crippen molar-refractivity contribution >= 4 is 10.8 Å². The highest BCUT2D eigenvalue weighted by molar-refractivity contribution is 5.88. The van der Waals surface area contributed by atoms with Gasteiger partial charge in [-0.2, -0.15) is 0 Å². The van der Waals surface area contributed by atoms with E-state index in [9.17, 15) is 0 Å². The van der Waals surface area contributed by atoms with E-state index < -0.39 is 0 Å². The summed E-state index contributed by atoms with van der Waals surface area (Å²) in [4.78, 5) is 4.56. The SMILES string of the molecule is CCc1ccc2cc(-c3ccc(C)nc3C)ccc2c1. The Kier molecular flexibility index (Phi) is 3.27. The maximum Gasteiger partial charge on any atom is 0.0454 e. The molecule has 100 valence electrons. The first-order valence-corrected chi connectivity index (χ1v) is 7.14. The quantitative estimate of drug-likeness (QED) is 0.626. The molecular weight excluding hydrogens is 242 g/mol. The van der Waals surface area contributed by atoms with Gasteiger partial charge >= 0.3 is 0 Å². The number of pyridine rings is 1. The summed E-state index contributed by atoms with van der Waals surface area (Å²) in [6, 6.07) is 17.6. The Hall–Kier alpha value is -2.15. The molecule has 0 spiro atoms. The highest BCUT2D eigenvalue weighted by Crippen LogP contribution is 2.27. The van der Waals surface area contributed by atoms with Crippen molar-refractivity contribution in [2.24, 2.45) is 0 Å². The lowest BCUT2D eigenvalue weighted by Crippen LogP contribution is -1.90. The van der Waals surface area contributed by atoms with E-state index in [2.05, 4.69) is 67.4 Å². The lowest BCUT2D eigenvalue weighted by Gasteiger charge is -2.08. The number of aromatic nitrogens is 1. The summed E-state index contributed by atoms with van der Waals surface area (Å²) >= 11 is 0. The zero-order valence-electron chi connectivity index (χ0n) is 12.3. The molecule has 0 amide bonds. The number of nitrogens with zero attached hydrogens (tertiary/aromatic N) is 1. The van der Waals surface area contributed by atoms with Crippen LogP contribution in [0.1, 0.15) is 23.9 Å². The molecule has 0 N–H and O–H groups in total. The molecule has 0 radical (unpaired) electrons. The molecule has 0 atom stereocenters. The van der Waals surface area contributed by atoms with Crippen LogP contribution in [-0.2, 0) is 6.42 Å². The lowest BCUT2D eigenvalue weighted by atomic mass is 9.98. The maximum absolute atomic E-state index is 4.56. The van der Waals surface area contributed by atoms with Crippen molar-refractivity contribution in [1.29, 1.82) is 0 Å². The number of benzene rings is 2. The average Bonchev–Trinajstić information content (AvgIpc) is 2.46. The molecule has 0 bridgehead atoms. The van der Waals surface area contributed by atoms with Gasteiger partial charge in [0.2, 0.25) is 0 Å². The molecule has 1 heteroatoms. The van der Waals surface area contributed by atoms with Crippen molar-refractivity contribution in [2.75, 3.05) is 0 Å². The van der Waals surface area contributed by atoms with Gasteiger partial charge in [-0.1, -0.05) is 43.3 Å². The van der Waals surface area contributed by atoms with Gasteiger partial charge in [-0.25, -0.2) is 0 Å². The van der Waals surface area contributed by atoms with Crippen LogP contribution >= 0.6 is 0 Å². The van der Waals surface area contributed by atoms with Gasteiger partial charge < -0.3 is 0 Å². The van der Waals surface area contributed by atoms with Gasteiger partial charge in [0, 0.05) is 17.0 Å². The number of fused-ring (bicyclic) bond motifs is 1. The topological polar surface area (TPSA) is 12.9 Å². The molecule has 0 aliphatic heterocycles. The number of hydrogen-bond donors (Lipinski definition) is 0. The minimum absolute atomic E-state index is 1.07. The van der Waals surface area contributed by atoms with Crippen molar-refractivity contribution in [3.8, 4) is 11.1 Å². The summed E-state index contributed by atoms with van der Waals surface area (Å²) in [6.07, 6.45) is 1.08. The minimum atomic E-state index is 1.07. The molecular formula is C19H19N. The van der Waals surface area contributed by atoms with Crippen LogP contribution in [0.4, 0.5) is 0 Å². The summed E-state index contributed by atoms with van der Waals surface area (Å²) in [5, 5.41) is 2.60. The Balaban J connectivity index is 2.13. The fourth-order valence-corrected chi connectivity index (χ4v) is 2.67. The summed E-state index contributed by atoms with van der Waals surface area (Å²) in [6.45, 7) is 6.30. The molecule has 3 rings (SSSR count). The fraction of sp³-hybridized carbons (Fsp3) is 0.211. The minimum Gasteiger partial charge on any atom is -0.258 e. The Bertz CT molecular complexity index is 772. The maximum atomic E-state index is 4.56. The van der Waals surface area contributed by atoms with Crippen molar-refractivity contribution in [1.82, 2.24) is 4.98 Å². The first kappa shape index (κ1) is 12.9. The summed E-state index contributed by atoms with van der Waals surface area (Å²) in [5.41, 5.74) is 6.01. The van der Waals surface area contributed by atoms with Crippen molar-refractivity contribution in [2.45, 2.75) is 27.2 Å². The molecule has 0 saturated heterocycles. The smallest absolute Gasteiger partial charge is 0.0454 e. The third-order valence-corrected chi connectivity index (χ3v) is 3.85. The number of rotatable bonds is 2. The molecule has 0 unspecified atom stereocenters. The predicted octanol–water partition coefficient (Wildman–Crippen LogP) is 5.08. The van der Waals surface area contributed by atoms with Gasteiger partial charge in [-0.05, 0) is 54.3 Å². The first-order chi connectivity index (χ1) is 9.67. The van der Waals surface area contributed by atoms with Crippen LogP contribution < -0.4 is 0 Å². The van der Waals surface area contributed by atoms with E-state index in [0.717, 1.165) is 17.8 Å². The monoisotopic (exact) mass is 261 g/mol. The normalized spacial score (nSPS) is 10.9. The van der Waals surface area contributed by atoms with Crippen molar-refractivity contribution in [3.05, 3.63) is 65.5 Å². The molecule has 0 aliphatic rings. The van der Waals surface area contributed by atoms with Crippen molar-refractivity contribution in [3.63, 3.8) is 0 Å². The molecule has 1 heterocycles. The highest BCUT2D eigenvalue weighted by Gasteiger charge is 2.04. The molecule has 0 saturated carbocycles. The van der Waals surface area contributed by atoms with Crippen LogP contribution in [0.25, 0.3) is 21.9 Å². The third-order valence-electron chi connectivity index (χ3n) is 3.85. The van der Waals surface area contributed by atoms with E-state index in [1.807, 2.05) is 6.92 Å². The van der Waals surface area contributed by atoms with Crippen LogP contribution in [0.3, 0.4) is 0 Å². The van der Waals surface area contributed by atoms with Crippen LogP contribution in [0, 0.1) is 13.8 Å². The second kappa shape index (κ2) is 5.09. The average molecular weight is 261 g/mol. The van der Waals surface area contributed by atoms with Gasteiger partial charge in [0.25, 0.3) is 0 Å². The van der Waals surface area contributed by atoms with Gasteiger partial charge in [0.1, 0.15) is 0 Å². The van der Waals surface area contributed by atoms with Crippen LogP contribution in [0.15, 0.2) is 48.5 Å². The standard InChI is InChI=1S/C19H19N/c1-4-15-6-7-17-12-18(9-8-16(17)11-15)19-10-5-13(2)20-14(19)3/h5-12H,4H2,1-3H3. The van der Waals surface area contributed by atoms with Crippen LogP contribution in [-0.4, -0.2) is 4.98 Å². The number of aryl methyl sites for hydroxylation is 3. The number of hydrogen-bond acceptors (Lipinski definition) is 1. The van der Waals surface area contributed by atoms with E-state index in [0.29, 0.717) is 0 Å². The second-order valence-electron chi connectivity index (χ2n) is 5.34. The summed E-state index contributed by atoms with van der Waals surface area (Å²) < 4.78 is 0. The van der Waals surface area contributed by atoms with Crippen molar-refractivity contribution < 1.29 is 0 Å². The van der Waals surface area contributed by atoms with E-state index in [1.165, 1.54) is 27.5 Å².